The molecule has 2 rings (SSSR count). The van der Waals surface area contributed by atoms with Crippen LogP contribution in [0.5, 0.6) is 0 Å². The van der Waals surface area contributed by atoms with E-state index in [0.717, 1.165) is 0 Å². The number of nitrogens with one attached hydrogen (secondary N) is 1. The lowest BCUT2D eigenvalue weighted by molar-refractivity contribution is -0.147. The summed E-state index contributed by atoms with van der Waals surface area (Å²) in [5.74, 6) is -0.831. The molecule has 0 aromatic carbocycles. The Bertz CT molecular complexity index is 610. The lowest BCUT2D eigenvalue weighted by Crippen LogP contribution is -2.46. The van der Waals surface area contributed by atoms with Crippen LogP contribution in [-0.2, 0) is 9.53 Å². The number of aromatic amines is 1. The fraction of sp³-hybridized carbons (Fsp3) is 0.429. The lowest BCUT2D eigenvalue weighted by Gasteiger charge is -2.28. The summed E-state index contributed by atoms with van der Waals surface area (Å²) in [5.41, 5.74) is 0.339. The van der Waals surface area contributed by atoms with E-state index in [1.54, 1.807) is 33.0 Å². The van der Waals surface area contributed by atoms with E-state index in [-0.39, 0.29) is 11.6 Å². The number of likely N-dealkylation sites (N-methyl/N-ethyl adjacent to an activating group) is 1. The summed E-state index contributed by atoms with van der Waals surface area (Å²) < 4.78 is 10.5. The molecule has 0 fully saturated rings. The Morgan fingerprint density at radius 2 is 2.15 bits per heavy atom. The van der Waals surface area contributed by atoms with Gasteiger partial charge in [0.25, 0.3) is 5.91 Å². The van der Waals surface area contributed by atoms with Crippen LogP contribution < -0.4 is 0 Å². The van der Waals surface area contributed by atoms with E-state index in [1.807, 2.05) is 6.92 Å². The molecule has 0 aliphatic carbocycles. The highest BCUT2D eigenvalue weighted by Crippen LogP contribution is 2.20. The first kappa shape index (κ1) is 14.2. The van der Waals surface area contributed by atoms with Crippen molar-refractivity contribution in [2.24, 2.45) is 0 Å². The number of carbonyl (C=O) groups excluding carboxylic acids is 2. The second kappa shape index (κ2) is 5.03. The highest BCUT2D eigenvalue weighted by Gasteiger charge is 2.34. The predicted molar refractivity (Wildman–Crippen MR) is 73.4 cm³/mol. The lowest BCUT2D eigenvalue weighted by atomic mass is 10.1. The third kappa shape index (κ3) is 2.54. The first-order valence-corrected chi connectivity index (χ1v) is 6.40. The van der Waals surface area contributed by atoms with Crippen LogP contribution in [0.15, 0.2) is 22.8 Å². The van der Waals surface area contributed by atoms with E-state index < -0.39 is 11.6 Å². The van der Waals surface area contributed by atoms with Gasteiger partial charge in [-0.15, -0.1) is 0 Å². The maximum absolute atomic E-state index is 12.1. The molecule has 0 spiro atoms. The van der Waals surface area contributed by atoms with Crippen molar-refractivity contribution in [2.45, 2.75) is 26.4 Å². The van der Waals surface area contributed by atoms with Gasteiger partial charge in [0.15, 0.2) is 11.2 Å². The number of furan rings is 1. The number of amides is 1. The molecule has 6 nitrogen and oxygen atoms in total. The topological polar surface area (TPSA) is 75.5 Å². The zero-order valence-electron chi connectivity index (χ0n) is 12.0. The quantitative estimate of drug-likeness (QED) is 0.870. The van der Waals surface area contributed by atoms with Crippen molar-refractivity contribution >= 4 is 23.0 Å². The molecule has 1 N–H and O–H groups in total. The number of aromatic nitrogens is 1. The molecule has 0 unspecified atom stereocenters. The van der Waals surface area contributed by atoms with E-state index in [0.29, 0.717) is 17.6 Å². The first-order valence-electron chi connectivity index (χ1n) is 6.40. The molecular weight excluding hydrogens is 260 g/mol. The Kier molecular flexibility index (Phi) is 3.57. The molecule has 0 atom stereocenters. The molecule has 2 aromatic heterocycles. The van der Waals surface area contributed by atoms with Crippen LogP contribution in [-0.4, -0.2) is 41.0 Å². The number of esters is 1. The van der Waals surface area contributed by atoms with Gasteiger partial charge in [0, 0.05) is 25.7 Å². The van der Waals surface area contributed by atoms with Crippen molar-refractivity contribution in [3.8, 4) is 0 Å². The van der Waals surface area contributed by atoms with Crippen LogP contribution in [0.25, 0.3) is 11.1 Å². The number of hydrogen-bond donors (Lipinski definition) is 1. The molecule has 0 radical (unpaired) electrons. The Morgan fingerprint density at radius 3 is 2.75 bits per heavy atom. The van der Waals surface area contributed by atoms with Gasteiger partial charge in [-0.2, -0.15) is 0 Å². The van der Waals surface area contributed by atoms with Crippen LogP contribution >= 0.6 is 0 Å². The second-order valence-corrected chi connectivity index (χ2v) is 5.10. The normalized spacial score (nSPS) is 11.6. The van der Waals surface area contributed by atoms with E-state index >= 15 is 0 Å². The SMILES string of the molecule is CCN(C)C(=O)C(C)(C)OC(=O)c1cc2occc2[nH]1. The summed E-state index contributed by atoms with van der Waals surface area (Å²) in [5, 5.41) is 0. The van der Waals surface area contributed by atoms with Gasteiger partial charge in [-0.05, 0) is 20.8 Å². The van der Waals surface area contributed by atoms with Crippen molar-refractivity contribution in [1.29, 1.82) is 0 Å². The highest BCUT2D eigenvalue weighted by atomic mass is 16.6. The van der Waals surface area contributed by atoms with Gasteiger partial charge < -0.3 is 19.0 Å². The van der Waals surface area contributed by atoms with Crippen LogP contribution in [0.4, 0.5) is 0 Å². The highest BCUT2D eigenvalue weighted by molar-refractivity contribution is 5.95. The Balaban J connectivity index is 2.14. The number of ether oxygens (including phenoxy) is 1. The third-order valence-corrected chi connectivity index (χ3v) is 3.14. The fourth-order valence-electron chi connectivity index (χ4n) is 1.89. The van der Waals surface area contributed by atoms with Gasteiger partial charge in [-0.1, -0.05) is 0 Å². The number of hydrogen-bond acceptors (Lipinski definition) is 4. The molecule has 6 heteroatoms. The minimum Gasteiger partial charge on any atom is -0.463 e. The largest absolute Gasteiger partial charge is 0.463 e. The summed E-state index contributed by atoms with van der Waals surface area (Å²) in [6, 6.07) is 3.27. The molecule has 20 heavy (non-hydrogen) atoms. The Hall–Kier alpha value is -2.24. The molecule has 0 saturated carbocycles. The number of carbonyl (C=O) groups is 2. The van der Waals surface area contributed by atoms with Crippen molar-refractivity contribution in [1.82, 2.24) is 9.88 Å². The summed E-state index contributed by atoms with van der Waals surface area (Å²) >= 11 is 0. The molecular formula is C14H18N2O4. The summed E-state index contributed by atoms with van der Waals surface area (Å²) in [6.45, 7) is 5.56. The number of rotatable bonds is 4. The number of nitrogens with zero attached hydrogens (tertiary/aromatic N) is 1. The third-order valence-electron chi connectivity index (χ3n) is 3.14. The molecule has 2 aromatic rings. The Labute approximate surface area is 116 Å². The van der Waals surface area contributed by atoms with Crippen molar-refractivity contribution < 1.29 is 18.7 Å². The molecule has 2 heterocycles. The summed E-state index contributed by atoms with van der Waals surface area (Å²) in [7, 11) is 1.67. The summed E-state index contributed by atoms with van der Waals surface area (Å²) in [4.78, 5) is 28.6. The first-order chi connectivity index (χ1) is 9.35. The van der Waals surface area contributed by atoms with Gasteiger partial charge in [0.05, 0.1) is 11.8 Å². The standard InChI is InChI=1S/C14H18N2O4/c1-5-16(4)13(18)14(2,3)20-12(17)10-8-11-9(15-10)6-7-19-11/h6-8,15H,5H2,1-4H3. The van der Waals surface area contributed by atoms with Crippen LogP contribution in [0, 0.1) is 0 Å². The van der Waals surface area contributed by atoms with E-state index in [2.05, 4.69) is 4.98 Å². The van der Waals surface area contributed by atoms with Crippen LogP contribution in [0.2, 0.25) is 0 Å². The average Bonchev–Trinajstić information content (AvgIpc) is 2.96. The average molecular weight is 278 g/mol. The monoisotopic (exact) mass is 278 g/mol. The minimum atomic E-state index is -1.21. The molecule has 108 valence electrons. The zero-order chi connectivity index (χ0) is 14.9. The summed E-state index contributed by atoms with van der Waals surface area (Å²) in [6.07, 6.45) is 1.53. The minimum absolute atomic E-state index is 0.247. The molecule has 0 aliphatic heterocycles. The van der Waals surface area contributed by atoms with Gasteiger partial charge in [-0.25, -0.2) is 4.79 Å². The van der Waals surface area contributed by atoms with Gasteiger partial charge in [-0.3, -0.25) is 4.79 Å². The predicted octanol–water partition coefficient (Wildman–Crippen LogP) is 2.17. The fourth-order valence-corrected chi connectivity index (χ4v) is 1.89. The molecule has 0 bridgehead atoms. The van der Waals surface area contributed by atoms with Crippen LogP contribution in [0.1, 0.15) is 31.3 Å². The smallest absolute Gasteiger partial charge is 0.355 e. The maximum atomic E-state index is 12.1. The van der Waals surface area contributed by atoms with Gasteiger partial charge in [0.2, 0.25) is 0 Å². The van der Waals surface area contributed by atoms with Gasteiger partial charge in [0.1, 0.15) is 5.69 Å². The molecule has 0 saturated heterocycles. The molecule has 1 amide bonds. The van der Waals surface area contributed by atoms with Crippen LogP contribution in [0.3, 0.4) is 0 Å². The number of fused-ring (bicyclic) bond motifs is 1. The number of H-pyrrole nitrogens is 1. The van der Waals surface area contributed by atoms with Crippen molar-refractivity contribution in [3.05, 3.63) is 24.1 Å². The van der Waals surface area contributed by atoms with Crippen molar-refractivity contribution in [3.63, 3.8) is 0 Å². The van der Waals surface area contributed by atoms with E-state index in [1.165, 1.54) is 11.2 Å². The second-order valence-electron chi connectivity index (χ2n) is 5.10. The molecule has 0 aliphatic rings. The van der Waals surface area contributed by atoms with E-state index in [4.69, 9.17) is 9.15 Å². The zero-order valence-corrected chi connectivity index (χ0v) is 12.0. The van der Waals surface area contributed by atoms with E-state index in [9.17, 15) is 9.59 Å². The Morgan fingerprint density at radius 1 is 1.45 bits per heavy atom. The van der Waals surface area contributed by atoms with Crippen molar-refractivity contribution in [2.75, 3.05) is 13.6 Å². The van der Waals surface area contributed by atoms with Gasteiger partial charge >= 0.3 is 5.97 Å². The maximum Gasteiger partial charge on any atom is 0.355 e.